The molecule has 0 aliphatic carbocycles. The monoisotopic (exact) mass is 470 g/mol. The van der Waals surface area contributed by atoms with Gasteiger partial charge >= 0.3 is 0 Å². The van der Waals surface area contributed by atoms with E-state index in [4.69, 9.17) is 0 Å². The number of hydrogen-bond donors (Lipinski definition) is 0. The van der Waals surface area contributed by atoms with Crippen molar-refractivity contribution in [3.63, 3.8) is 0 Å². The van der Waals surface area contributed by atoms with Gasteiger partial charge in [0.1, 0.15) is 16.1 Å². The van der Waals surface area contributed by atoms with Gasteiger partial charge in [0.25, 0.3) is 0 Å². The van der Waals surface area contributed by atoms with Gasteiger partial charge in [-0.3, -0.25) is 0 Å². The molecule has 0 N–H and O–H groups in total. The first-order valence-corrected chi connectivity index (χ1v) is 19.0. The van der Waals surface area contributed by atoms with E-state index in [0.717, 1.165) is 11.1 Å². The van der Waals surface area contributed by atoms with Crippen LogP contribution in [0, 0.1) is 22.9 Å². The van der Waals surface area contributed by atoms with Crippen molar-refractivity contribution in [2.24, 2.45) is 0 Å². The molecule has 0 amide bonds. The topological polar surface area (TPSA) is 0 Å². The van der Waals surface area contributed by atoms with Crippen LogP contribution in [0.3, 0.4) is 0 Å². The van der Waals surface area contributed by atoms with Crippen LogP contribution < -0.4 is 0 Å². The summed E-state index contributed by atoms with van der Waals surface area (Å²) in [5.41, 5.74) is 9.18. The maximum absolute atomic E-state index is 3.48. The SMILES string of the molecule is C[Si](C)(C)C#Cc1ccc2c(ccc3c2ccc2c4ccc(C#C[Si](C)(C)C)cc4ccc23)c1. The third-order valence-electron chi connectivity index (χ3n) is 5.99. The fourth-order valence-corrected chi connectivity index (χ4v) is 5.42. The van der Waals surface area contributed by atoms with E-state index in [0.29, 0.717) is 0 Å². The molecule has 34 heavy (non-hydrogen) atoms. The Bertz CT molecular complexity index is 1590. The molecular formula is C32H30Si2. The molecular weight excluding hydrogens is 441 g/mol. The molecule has 0 saturated heterocycles. The van der Waals surface area contributed by atoms with Gasteiger partial charge in [0, 0.05) is 11.1 Å². The van der Waals surface area contributed by atoms with Crippen molar-refractivity contribution < 1.29 is 0 Å². The van der Waals surface area contributed by atoms with Gasteiger partial charge in [-0.1, -0.05) is 99.7 Å². The Hall–Kier alpha value is -3.31. The molecule has 0 spiro atoms. The second-order valence-electron chi connectivity index (χ2n) is 11.3. The third kappa shape index (κ3) is 4.53. The van der Waals surface area contributed by atoms with E-state index < -0.39 is 16.1 Å². The van der Waals surface area contributed by atoms with Gasteiger partial charge in [0.15, 0.2) is 0 Å². The zero-order chi connectivity index (χ0) is 24.1. The summed E-state index contributed by atoms with van der Waals surface area (Å²) < 4.78 is 0. The minimum Gasteiger partial charge on any atom is -0.127 e. The average Bonchev–Trinajstić information content (AvgIpc) is 2.79. The summed E-state index contributed by atoms with van der Waals surface area (Å²) in [5.74, 6) is 6.80. The van der Waals surface area contributed by atoms with E-state index in [2.05, 4.69) is 135 Å². The van der Waals surface area contributed by atoms with Crippen molar-refractivity contribution in [1.82, 2.24) is 0 Å². The number of fused-ring (bicyclic) bond motifs is 7. The van der Waals surface area contributed by atoms with Crippen LogP contribution in [0.4, 0.5) is 0 Å². The van der Waals surface area contributed by atoms with E-state index in [1.54, 1.807) is 0 Å². The fraction of sp³-hybridized carbons (Fsp3) is 0.188. The van der Waals surface area contributed by atoms with Crippen molar-refractivity contribution in [2.75, 3.05) is 0 Å². The van der Waals surface area contributed by atoms with Crippen LogP contribution >= 0.6 is 0 Å². The molecule has 0 bridgehead atoms. The molecule has 166 valence electrons. The molecule has 0 heterocycles. The van der Waals surface area contributed by atoms with E-state index in [9.17, 15) is 0 Å². The van der Waals surface area contributed by atoms with Crippen molar-refractivity contribution in [2.45, 2.75) is 39.3 Å². The van der Waals surface area contributed by atoms with E-state index in [1.807, 2.05) is 0 Å². The number of hydrogen-bond acceptors (Lipinski definition) is 0. The average molecular weight is 471 g/mol. The van der Waals surface area contributed by atoms with E-state index in [1.165, 1.54) is 43.1 Å². The number of benzene rings is 5. The van der Waals surface area contributed by atoms with Crippen molar-refractivity contribution >= 4 is 59.2 Å². The lowest BCUT2D eigenvalue weighted by molar-refractivity contribution is 1.71. The Labute approximate surface area is 205 Å². The Morgan fingerprint density at radius 2 is 0.735 bits per heavy atom. The van der Waals surface area contributed by atoms with Crippen molar-refractivity contribution in [3.05, 3.63) is 83.9 Å². The quantitative estimate of drug-likeness (QED) is 0.120. The Morgan fingerprint density at radius 1 is 0.412 bits per heavy atom. The first-order valence-electron chi connectivity index (χ1n) is 12.0. The van der Waals surface area contributed by atoms with Crippen LogP contribution in [0.25, 0.3) is 43.1 Å². The molecule has 5 rings (SSSR count). The zero-order valence-electron chi connectivity index (χ0n) is 20.9. The molecule has 5 aromatic carbocycles. The van der Waals surface area contributed by atoms with E-state index in [-0.39, 0.29) is 0 Å². The summed E-state index contributed by atoms with van der Waals surface area (Å²) in [4.78, 5) is 0. The smallest absolute Gasteiger partial charge is 0.127 e. The van der Waals surface area contributed by atoms with Crippen LogP contribution in [-0.2, 0) is 0 Å². The van der Waals surface area contributed by atoms with Crippen LogP contribution in [0.15, 0.2) is 72.8 Å². The first kappa shape index (κ1) is 22.5. The standard InChI is InChI=1S/C32H30Si2/c1-33(2,3)19-17-23-7-11-27-25(21-23)9-13-31-29(27)15-16-30-28-12-8-24(18-20-34(4,5)6)22-26(28)10-14-32(30)31/h7-16,21-22H,1-6H3. The predicted molar refractivity (Wildman–Crippen MR) is 157 cm³/mol. The zero-order valence-corrected chi connectivity index (χ0v) is 22.9. The van der Waals surface area contributed by atoms with Gasteiger partial charge in [0.05, 0.1) is 0 Å². The molecule has 5 aromatic rings. The summed E-state index contributed by atoms with van der Waals surface area (Å²) in [6.07, 6.45) is 0. The Morgan fingerprint density at radius 3 is 1.12 bits per heavy atom. The Balaban J connectivity index is 1.65. The normalized spacial score (nSPS) is 11.9. The minimum atomic E-state index is -1.39. The highest BCUT2D eigenvalue weighted by Crippen LogP contribution is 2.35. The van der Waals surface area contributed by atoms with Gasteiger partial charge in [-0.25, -0.2) is 0 Å². The van der Waals surface area contributed by atoms with Gasteiger partial charge in [-0.15, -0.1) is 11.1 Å². The lowest BCUT2D eigenvalue weighted by Gasteiger charge is -2.11. The summed E-state index contributed by atoms with van der Waals surface area (Å²) in [7, 11) is -2.78. The molecule has 0 unspecified atom stereocenters. The maximum Gasteiger partial charge on any atom is 0.129 e. The molecule has 2 heteroatoms. The molecule has 0 atom stereocenters. The van der Waals surface area contributed by atoms with Gasteiger partial charge in [-0.05, 0) is 67.4 Å². The van der Waals surface area contributed by atoms with Crippen LogP contribution in [0.2, 0.25) is 39.3 Å². The Kier molecular flexibility index (Phi) is 5.40. The van der Waals surface area contributed by atoms with Crippen molar-refractivity contribution in [1.29, 1.82) is 0 Å². The molecule has 0 fully saturated rings. The lowest BCUT2D eigenvalue weighted by Crippen LogP contribution is -2.16. The minimum absolute atomic E-state index is 1.11. The second kappa shape index (κ2) is 8.17. The van der Waals surface area contributed by atoms with Gasteiger partial charge < -0.3 is 0 Å². The van der Waals surface area contributed by atoms with Crippen LogP contribution in [-0.4, -0.2) is 16.1 Å². The molecule has 0 nitrogen and oxygen atoms in total. The maximum atomic E-state index is 3.48. The first-order chi connectivity index (χ1) is 16.1. The highest BCUT2D eigenvalue weighted by Gasteiger charge is 2.10. The summed E-state index contributed by atoms with van der Waals surface area (Å²) >= 11 is 0. The predicted octanol–water partition coefficient (Wildman–Crippen LogP) is 8.76. The summed E-state index contributed by atoms with van der Waals surface area (Å²) in [6, 6.07) is 26.9. The largest absolute Gasteiger partial charge is 0.129 e. The van der Waals surface area contributed by atoms with Crippen LogP contribution in [0.5, 0.6) is 0 Å². The molecule has 0 aromatic heterocycles. The third-order valence-corrected chi connectivity index (χ3v) is 7.74. The second-order valence-corrected chi connectivity index (χ2v) is 20.8. The van der Waals surface area contributed by atoms with Gasteiger partial charge in [0.2, 0.25) is 0 Å². The molecule has 0 aliphatic rings. The number of rotatable bonds is 0. The molecule has 0 aliphatic heterocycles. The van der Waals surface area contributed by atoms with Gasteiger partial charge in [-0.2, -0.15) is 0 Å². The highest BCUT2D eigenvalue weighted by molar-refractivity contribution is 6.84. The highest BCUT2D eigenvalue weighted by atomic mass is 28.3. The summed E-state index contributed by atoms with van der Waals surface area (Å²) in [5, 5.41) is 10.3. The van der Waals surface area contributed by atoms with E-state index >= 15 is 0 Å². The molecule has 0 saturated carbocycles. The molecule has 0 radical (unpaired) electrons. The summed E-state index contributed by atoms with van der Waals surface area (Å²) in [6.45, 7) is 13.7. The lowest BCUT2D eigenvalue weighted by atomic mass is 9.93. The van der Waals surface area contributed by atoms with Crippen LogP contribution in [0.1, 0.15) is 11.1 Å². The van der Waals surface area contributed by atoms with Crippen molar-refractivity contribution in [3.8, 4) is 22.9 Å². The fourth-order valence-electron chi connectivity index (χ4n) is 4.38.